The minimum Gasteiger partial charge on any atom is -0.458 e. The normalized spacial score (nSPS) is 14.5. The van der Waals surface area contributed by atoms with Crippen molar-refractivity contribution in [2.24, 2.45) is 5.73 Å². The van der Waals surface area contributed by atoms with E-state index in [1.807, 2.05) is 0 Å². The van der Waals surface area contributed by atoms with Gasteiger partial charge in [-0.1, -0.05) is 0 Å². The molecule has 0 aliphatic rings. The van der Waals surface area contributed by atoms with Gasteiger partial charge in [0.25, 0.3) is 0 Å². The maximum Gasteiger partial charge on any atom is 0.170 e. The van der Waals surface area contributed by atoms with Gasteiger partial charge in [-0.15, -0.1) is 0 Å². The summed E-state index contributed by atoms with van der Waals surface area (Å²) < 4.78 is 6.02. The van der Waals surface area contributed by atoms with Gasteiger partial charge in [0.15, 0.2) is 17.4 Å². The molecule has 0 amide bonds. The molecule has 3 N–H and O–H groups in total. The van der Waals surface area contributed by atoms with Gasteiger partial charge in [-0.3, -0.25) is 0 Å². The average Bonchev–Trinajstić information content (AvgIpc) is 1.94. The SMILES string of the molecule is C[SiH](CCNCCN)O[Si](C)(C)C. The lowest BCUT2D eigenvalue weighted by Gasteiger charge is -2.23. The minimum atomic E-state index is -1.28. The molecule has 1 atom stereocenters. The zero-order chi connectivity index (χ0) is 10.3. The van der Waals surface area contributed by atoms with Gasteiger partial charge in [0, 0.05) is 13.1 Å². The summed E-state index contributed by atoms with van der Waals surface area (Å²) >= 11 is 0. The van der Waals surface area contributed by atoms with Gasteiger partial charge >= 0.3 is 0 Å². The van der Waals surface area contributed by atoms with Crippen LogP contribution in [0, 0.1) is 0 Å². The third-order valence-corrected chi connectivity index (χ3v) is 7.14. The lowest BCUT2D eigenvalue weighted by Crippen LogP contribution is -2.35. The molecule has 0 heterocycles. The van der Waals surface area contributed by atoms with Crippen molar-refractivity contribution in [2.75, 3.05) is 19.6 Å². The van der Waals surface area contributed by atoms with E-state index in [1.165, 1.54) is 6.04 Å². The molecule has 13 heavy (non-hydrogen) atoms. The van der Waals surface area contributed by atoms with E-state index in [1.54, 1.807) is 0 Å². The average molecular weight is 220 g/mol. The minimum absolute atomic E-state index is 0.727. The molecular formula is C8H24N2OSi2. The number of hydrogen-bond acceptors (Lipinski definition) is 3. The first kappa shape index (κ1) is 13.3. The van der Waals surface area contributed by atoms with Crippen molar-refractivity contribution in [3.05, 3.63) is 0 Å². The Balaban J connectivity index is 3.35. The third kappa shape index (κ3) is 10.2. The number of nitrogens with two attached hydrogens (primary N) is 1. The molecule has 0 radical (unpaired) electrons. The van der Waals surface area contributed by atoms with Crippen LogP contribution in [0.25, 0.3) is 0 Å². The smallest absolute Gasteiger partial charge is 0.170 e. The molecule has 0 rings (SSSR count). The highest BCUT2D eigenvalue weighted by atomic mass is 28.4. The van der Waals surface area contributed by atoms with Gasteiger partial charge in [-0.25, -0.2) is 0 Å². The molecule has 0 saturated carbocycles. The largest absolute Gasteiger partial charge is 0.458 e. The van der Waals surface area contributed by atoms with Crippen LogP contribution in [0.15, 0.2) is 0 Å². The van der Waals surface area contributed by atoms with Gasteiger partial charge in [0.1, 0.15) is 0 Å². The molecule has 0 aliphatic heterocycles. The molecular weight excluding hydrogens is 196 g/mol. The van der Waals surface area contributed by atoms with E-state index in [2.05, 4.69) is 31.5 Å². The van der Waals surface area contributed by atoms with Crippen molar-refractivity contribution in [1.29, 1.82) is 0 Å². The van der Waals surface area contributed by atoms with Crippen LogP contribution in [0.4, 0.5) is 0 Å². The number of nitrogens with one attached hydrogen (secondary N) is 1. The highest BCUT2D eigenvalue weighted by Crippen LogP contribution is 2.06. The predicted molar refractivity (Wildman–Crippen MR) is 64.2 cm³/mol. The molecule has 0 bridgehead atoms. The second-order valence-corrected chi connectivity index (χ2v) is 11.7. The lowest BCUT2D eigenvalue weighted by atomic mass is 10.6. The molecule has 0 aromatic carbocycles. The molecule has 1 unspecified atom stereocenters. The van der Waals surface area contributed by atoms with E-state index < -0.39 is 17.4 Å². The summed E-state index contributed by atoms with van der Waals surface area (Å²) in [4.78, 5) is 0. The Hall–Kier alpha value is 0.314. The summed E-state index contributed by atoms with van der Waals surface area (Å²) in [7, 11) is -2.19. The first-order valence-corrected chi connectivity index (χ1v) is 10.9. The van der Waals surface area contributed by atoms with Crippen molar-refractivity contribution >= 4 is 17.4 Å². The molecule has 0 aromatic heterocycles. The molecule has 0 spiro atoms. The second-order valence-electron chi connectivity index (χ2n) is 4.37. The standard InChI is InChI=1S/C8H24N2OSi2/c1-12(11-13(2,3)4)8-7-10-6-5-9/h10,12H,5-9H2,1-4H3. The van der Waals surface area contributed by atoms with Crippen LogP contribution in [-0.2, 0) is 4.12 Å². The number of hydrogen-bond donors (Lipinski definition) is 2. The van der Waals surface area contributed by atoms with Crippen LogP contribution in [0.3, 0.4) is 0 Å². The number of rotatable bonds is 7. The van der Waals surface area contributed by atoms with E-state index >= 15 is 0 Å². The fraction of sp³-hybridized carbons (Fsp3) is 1.00. The molecule has 80 valence electrons. The van der Waals surface area contributed by atoms with Gasteiger partial charge in [-0.2, -0.15) is 0 Å². The van der Waals surface area contributed by atoms with Crippen molar-refractivity contribution in [3.63, 3.8) is 0 Å². The maximum atomic E-state index is 6.02. The van der Waals surface area contributed by atoms with Crippen LogP contribution in [0.1, 0.15) is 0 Å². The first-order chi connectivity index (χ1) is 5.95. The van der Waals surface area contributed by atoms with E-state index in [-0.39, 0.29) is 0 Å². The summed E-state index contributed by atoms with van der Waals surface area (Å²) in [5, 5.41) is 3.30. The van der Waals surface area contributed by atoms with Crippen LogP contribution < -0.4 is 11.1 Å². The zero-order valence-electron chi connectivity index (χ0n) is 9.39. The Morgan fingerprint density at radius 1 is 1.31 bits per heavy atom. The Morgan fingerprint density at radius 2 is 1.92 bits per heavy atom. The van der Waals surface area contributed by atoms with Gasteiger partial charge in [-0.05, 0) is 38.8 Å². The molecule has 3 nitrogen and oxygen atoms in total. The molecule has 0 aliphatic carbocycles. The van der Waals surface area contributed by atoms with E-state index in [0.29, 0.717) is 0 Å². The molecule has 0 saturated heterocycles. The zero-order valence-corrected chi connectivity index (χ0v) is 11.5. The monoisotopic (exact) mass is 220 g/mol. The van der Waals surface area contributed by atoms with Crippen LogP contribution in [0.5, 0.6) is 0 Å². The fourth-order valence-corrected chi connectivity index (χ4v) is 7.11. The highest BCUT2D eigenvalue weighted by molar-refractivity contribution is 6.77. The quantitative estimate of drug-likeness (QED) is 0.491. The van der Waals surface area contributed by atoms with Crippen molar-refractivity contribution in [1.82, 2.24) is 5.32 Å². The van der Waals surface area contributed by atoms with E-state index in [9.17, 15) is 0 Å². The summed E-state index contributed by atoms with van der Waals surface area (Å²) in [5.74, 6) is 0. The van der Waals surface area contributed by atoms with Crippen LogP contribution in [0.2, 0.25) is 32.2 Å². The molecule has 0 aromatic rings. The van der Waals surface area contributed by atoms with Gasteiger partial charge in [0.2, 0.25) is 0 Å². The Labute approximate surface area is 84.9 Å². The summed E-state index contributed by atoms with van der Waals surface area (Å²) in [6.07, 6.45) is 0. The van der Waals surface area contributed by atoms with Crippen LogP contribution in [-0.4, -0.2) is 37.0 Å². The third-order valence-electron chi connectivity index (χ3n) is 1.60. The fourth-order valence-electron chi connectivity index (χ4n) is 1.19. The molecule has 0 fully saturated rings. The van der Waals surface area contributed by atoms with Crippen molar-refractivity contribution in [2.45, 2.75) is 32.2 Å². The second kappa shape index (κ2) is 6.72. The Morgan fingerprint density at radius 3 is 2.38 bits per heavy atom. The van der Waals surface area contributed by atoms with Gasteiger partial charge < -0.3 is 15.2 Å². The van der Waals surface area contributed by atoms with E-state index in [4.69, 9.17) is 9.85 Å². The lowest BCUT2D eigenvalue weighted by molar-refractivity contribution is 0.567. The molecule has 5 heteroatoms. The Bertz CT molecular complexity index is 128. The van der Waals surface area contributed by atoms with Crippen molar-refractivity contribution < 1.29 is 4.12 Å². The topological polar surface area (TPSA) is 47.3 Å². The Kier molecular flexibility index (Phi) is 6.88. The predicted octanol–water partition coefficient (Wildman–Crippen LogP) is 0.740. The highest BCUT2D eigenvalue weighted by Gasteiger charge is 2.17. The summed E-state index contributed by atoms with van der Waals surface area (Å²) in [5.41, 5.74) is 5.37. The maximum absolute atomic E-state index is 6.02. The van der Waals surface area contributed by atoms with Crippen molar-refractivity contribution in [3.8, 4) is 0 Å². The first-order valence-electron chi connectivity index (χ1n) is 5.04. The summed E-state index contributed by atoms with van der Waals surface area (Å²) in [6, 6.07) is 1.21. The summed E-state index contributed by atoms with van der Waals surface area (Å²) in [6.45, 7) is 11.8. The van der Waals surface area contributed by atoms with Crippen LogP contribution >= 0.6 is 0 Å². The van der Waals surface area contributed by atoms with Gasteiger partial charge in [0.05, 0.1) is 0 Å². The van der Waals surface area contributed by atoms with E-state index in [0.717, 1.165) is 19.6 Å².